The van der Waals surface area contributed by atoms with Gasteiger partial charge in [0.25, 0.3) is 0 Å². The lowest BCUT2D eigenvalue weighted by atomic mass is 10.3. The number of hydrogen-bond donors (Lipinski definition) is 3. The molecule has 3 atom stereocenters. The van der Waals surface area contributed by atoms with Crippen molar-refractivity contribution in [3.63, 3.8) is 0 Å². The number of benzene rings is 1. The predicted molar refractivity (Wildman–Crippen MR) is 83.7 cm³/mol. The molecule has 0 saturated heterocycles. The van der Waals surface area contributed by atoms with E-state index < -0.39 is 0 Å². The first-order valence-electron chi connectivity index (χ1n) is 5.56. The average Bonchev–Trinajstić information content (AvgIpc) is 2.19. The Labute approximate surface area is 124 Å². The molecule has 102 valence electrons. The van der Waals surface area contributed by atoms with Crippen molar-refractivity contribution < 1.29 is 14.2 Å². The highest BCUT2D eigenvalue weighted by molar-refractivity contribution is 7.81. The van der Waals surface area contributed by atoms with Gasteiger partial charge in [0.05, 0.1) is 0 Å². The van der Waals surface area contributed by atoms with Gasteiger partial charge in [-0.3, -0.25) is 0 Å². The quantitative estimate of drug-likeness (QED) is 0.553. The van der Waals surface area contributed by atoms with Crippen LogP contribution in [0.2, 0.25) is 0 Å². The van der Waals surface area contributed by atoms with Crippen LogP contribution < -0.4 is 14.2 Å². The van der Waals surface area contributed by atoms with Crippen LogP contribution in [-0.4, -0.2) is 16.3 Å². The Hall–Kier alpha value is -0.330. The molecule has 0 aliphatic carbocycles. The third kappa shape index (κ3) is 5.54. The highest BCUT2D eigenvalue weighted by Crippen LogP contribution is 2.34. The first-order chi connectivity index (χ1) is 8.38. The van der Waals surface area contributed by atoms with E-state index in [-0.39, 0.29) is 16.3 Å². The van der Waals surface area contributed by atoms with Gasteiger partial charge in [-0.2, -0.15) is 0 Å². The lowest BCUT2D eigenvalue weighted by molar-refractivity contribution is 0.255. The molecule has 0 saturated carbocycles. The van der Waals surface area contributed by atoms with Gasteiger partial charge in [-0.1, -0.05) is 0 Å². The minimum absolute atomic E-state index is 0.193. The predicted octanol–water partition coefficient (Wildman–Crippen LogP) is 3.65. The second-order valence-corrected chi connectivity index (χ2v) is 5.94. The standard InChI is InChI=1S/C12H18O3S3/c1-7(16)13-10-4-5-11(14-8(2)17)12(6-10)15-9(3)18/h4-9,16-18H,1-3H3. The van der Waals surface area contributed by atoms with Crippen molar-refractivity contribution in [1.29, 1.82) is 0 Å². The highest BCUT2D eigenvalue weighted by atomic mass is 32.1. The maximum absolute atomic E-state index is 5.57. The molecule has 0 aliphatic heterocycles. The van der Waals surface area contributed by atoms with E-state index in [0.29, 0.717) is 17.2 Å². The van der Waals surface area contributed by atoms with Crippen molar-refractivity contribution in [1.82, 2.24) is 0 Å². The first kappa shape index (κ1) is 15.7. The molecule has 6 heteroatoms. The van der Waals surface area contributed by atoms with Crippen LogP contribution in [0.15, 0.2) is 18.2 Å². The van der Waals surface area contributed by atoms with Crippen LogP contribution in [0.4, 0.5) is 0 Å². The largest absolute Gasteiger partial charge is 0.480 e. The van der Waals surface area contributed by atoms with Gasteiger partial charge < -0.3 is 14.2 Å². The van der Waals surface area contributed by atoms with Crippen LogP contribution in [0.1, 0.15) is 20.8 Å². The van der Waals surface area contributed by atoms with Gasteiger partial charge >= 0.3 is 0 Å². The zero-order valence-electron chi connectivity index (χ0n) is 10.5. The fourth-order valence-electron chi connectivity index (χ4n) is 1.32. The molecule has 0 amide bonds. The Kier molecular flexibility index (Phi) is 6.38. The normalized spacial score (nSPS) is 15.7. The number of hydrogen-bond acceptors (Lipinski definition) is 6. The summed E-state index contributed by atoms with van der Waals surface area (Å²) in [6, 6.07) is 5.34. The van der Waals surface area contributed by atoms with Crippen LogP contribution >= 0.6 is 37.9 Å². The van der Waals surface area contributed by atoms with Crippen molar-refractivity contribution in [3.05, 3.63) is 18.2 Å². The fraction of sp³-hybridized carbons (Fsp3) is 0.500. The van der Waals surface area contributed by atoms with Gasteiger partial charge in [0, 0.05) is 6.07 Å². The van der Waals surface area contributed by atoms with Crippen molar-refractivity contribution in [2.45, 2.75) is 37.1 Å². The molecule has 0 heterocycles. The zero-order valence-corrected chi connectivity index (χ0v) is 13.2. The molecule has 1 aromatic rings. The highest BCUT2D eigenvalue weighted by Gasteiger charge is 2.11. The monoisotopic (exact) mass is 306 g/mol. The molecular formula is C12H18O3S3. The van der Waals surface area contributed by atoms with Crippen molar-refractivity contribution in [2.24, 2.45) is 0 Å². The zero-order chi connectivity index (χ0) is 13.7. The van der Waals surface area contributed by atoms with Gasteiger partial charge in [-0.05, 0) is 32.9 Å². The Balaban J connectivity index is 2.96. The molecule has 0 bridgehead atoms. The van der Waals surface area contributed by atoms with Crippen LogP contribution in [-0.2, 0) is 0 Å². The van der Waals surface area contributed by atoms with E-state index in [9.17, 15) is 0 Å². The van der Waals surface area contributed by atoms with Gasteiger partial charge in [0.15, 0.2) is 11.5 Å². The summed E-state index contributed by atoms with van der Waals surface area (Å²) in [6.45, 7) is 5.49. The summed E-state index contributed by atoms with van der Waals surface area (Å²) in [5.41, 5.74) is -0.661. The maximum Gasteiger partial charge on any atom is 0.166 e. The second kappa shape index (κ2) is 7.31. The van der Waals surface area contributed by atoms with Crippen LogP contribution in [0.5, 0.6) is 17.2 Å². The number of thiol groups is 3. The lowest BCUT2D eigenvalue weighted by Gasteiger charge is -2.18. The van der Waals surface area contributed by atoms with Crippen LogP contribution in [0.3, 0.4) is 0 Å². The SMILES string of the molecule is CC(S)Oc1ccc(OC(C)S)c(OC(C)S)c1. The first-order valence-corrected chi connectivity index (χ1v) is 7.11. The third-order valence-corrected chi connectivity index (χ3v) is 2.13. The molecule has 0 aromatic heterocycles. The molecule has 1 aromatic carbocycles. The minimum Gasteiger partial charge on any atom is -0.480 e. The Bertz CT molecular complexity index is 381. The number of rotatable bonds is 6. The summed E-state index contributed by atoms with van der Waals surface area (Å²) in [6.07, 6.45) is 0. The summed E-state index contributed by atoms with van der Waals surface area (Å²) in [4.78, 5) is 0. The van der Waals surface area contributed by atoms with E-state index in [0.717, 1.165) is 0 Å². The van der Waals surface area contributed by atoms with E-state index in [4.69, 9.17) is 14.2 Å². The molecular weight excluding hydrogens is 288 g/mol. The van der Waals surface area contributed by atoms with Crippen molar-refractivity contribution in [3.8, 4) is 17.2 Å². The summed E-state index contributed by atoms with van der Waals surface area (Å²) in [5, 5.41) is 0. The summed E-state index contributed by atoms with van der Waals surface area (Å²) in [5.74, 6) is 1.85. The molecule has 3 nitrogen and oxygen atoms in total. The molecule has 0 fully saturated rings. The Morgan fingerprint density at radius 3 is 1.78 bits per heavy atom. The smallest absolute Gasteiger partial charge is 0.166 e. The molecule has 0 aliphatic rings. The average molecular weight is 306 g/mol. The molecule has 0 N–H and O–H groups in total. The minimum atomic E-state index is -0.244. The molecule has 0 radical (unpaired) electrons. The maximum atomic E-state index is 5.57. The topological polar surface area (TPSA) is 27.7 Å². The van der Waals surface area contributed by atoms with Crippen molar-refractivity contribution >= 4 is 37.9 Å². The van der Waals surface area contributed by atoms with E-state index in [2.05, 4.69) is 37.9 Å². The lowest BCUT2D eigenvalue weighted by Crippen LogP contribution is -2.09. The van der Waals surface area contributed by atoms with Crippen LogP contribution in [0.25, 0.3) is 0 Å². The summed E-state index contributed by atoms with van der Waals surface area (Å²) < 4.78 is 16.6. The van der Waals surface area contributed by atoms with E-state index >= 15 is 0 Å². The summed E-state index contributed by atoms with van der Waals surface area (Å²) in [7, 11) is 0. The van der Waals surface area contributed by atoms with Crippen molar-refractivity contribution in [2.75, 3.05) is 0 Å². The molecule has 0 spiro atoms. The fourth-order valence-corrected chi connectivity index (χ4v) is 1.66. The van der Waals surface area contributed by atoms with Gasteiger partial charge in [0.2, 0.25) is 0 Å². The Morgan fingerprint density at radius 2 is 1.28 bits per heavy atom. The van der Waals surface area contributed by atoms with Gasteiger partial charge in [-0.15, -0.1) is 37.9 Å². The Morgan fingerprint density at radius 1 is 0.778 bits per heavy atom. The summed E-state index contributed by atoms with van der Waals surface area (Å²) >= 11 is 12.6. The van der Waals surface area contributed by atoms with Crippen LogP contribution in [0, 0.1) is 0 Å². The van der Waals surface area contributed by atoms with Gasteiger partial charge in [0.1, 0.15) is 22.1 Å². The third-order valence-electron chi connectivity index (χ3n) is 1.82. The second-order valence-electron chi connectivity index (χ2n) is 3.76. The molecule has 18 heavy (non-hydrogen) atoms. The number of ether oxygens (including phenoxy) is 3. The van der Waals surface area contributed by atoms with Gasteiger partial charge in [-0.25, -0.2) is 0 Å². The molecule has 3 unspecified atom stereocenters. The van der Waals surface area contributed by atoms with E-state index in [1.807, 2.05) is 20.8 Å². The molecule has 1 rings (SSSR count). The van der Waals surface area contributed by atoms with E-state index in [1.165, 1.54) is 0 Å². The van der Waals surface area contributed by atoms with E-state index in [1.54, 1.807) is 18.2 Å².